The number of benzene rings is 2. The third kappa shape index (κ3) is 3.29. The first-order valence-electron chi connectivity index (χ1n) is 9.85. The number of sulfonamides is 1. The second-order valence-electron chi connectivity index (χ2n) is 8.43. The Hall–Kier alpha value is -1.51. The van der Waals surface area contributed by atoms with Crippen LogP contribution in [-0.2, 0) is 15.4 Å². The lowest BCUT2D eigenvalue weighted by atomic mass is 9.65. The molecule has 3 atom stereocenters. The van der Waals surface area contributed by atoms with Crippen molar-refractivity contribution in [2.75, 3.05) is 39.3 Å². The van der Waals surface area contributed by atoms with Crippen LogP contribution in [0.4, 0.5) is 4.39 Å². The number of piperidine rings is 2. The van der Waals surface area contributed by atoms with E-state index >= 15 is 0 Å². The minimum absolute atomic E-state index is 0.0731. The minimum Gasteiger partial charge on any atom is -0.301 e. The Morgan fingerprint density at radius 2 is 1.69 bits per heavy atom. The van der Waals surface area contributed by atoms with Crippen molar-refractivity contribution in [2.45, 2.75) is 16.4 Å². The van der Waals surface area contributed by atoms with Gasteiger partial charge in [0.25, 0.3) is 0 Å². The van der Waals surface area contributed by atoms with Crippen molar-refractivity contribution in [3.05, 3.63) is 64.9 Å². The summed E-state index contributed by atoms with van der Waals surface area (Å²) in [5.41, 5.74) is 0.817. The zero-order chi connectivity index (χ0) is 20.2. The van der Waals surface area contributed by atoms with Crippen molar-refractivity contribution in [1.82, 2.24) is 14.5 Å². The number of nitrogens with one attached hydrogen (secondary N) is 1. The summed E-state index contributed by atoms with van der Waals surface area (Å²) < 4.78 is 43.0. The summed E-state index contributed by atoms with van der Waals surface area (Å²) in [7, 11) is -3.90. The maximum absolute atomic E-state index is 13.4. The Morgan fingerprint density at radius 3 is 2.31 bits per heavy atom. The molecule has 2 aromatic carbocycles. The summed E-state index contributed by atoms with van der Waals surface area (Å²) >= 11 is 6.08. The SMILES string of the molecule is O=S(=O)(N[C@H]1C2CN3CCN(C2)CC1(c1ccccc1)C3)c1ccc(F)cc1Cl. The summed E-state index contributed by atoms with van der Waals surface area (Å²) in [6.45, 7) is 5.39. The van der Waals surface area contributed by atoms with E-state index in [1.807, 2.05) is 18.2 Å². The second-order valence-corrected chi connectivity index (χ2v) is 10.5. The molecule has 5 nitrogen and oxygen atoms in total. The molecule has 0 aliphatic carbocycles. The van der Waals surface area contributed by atoms with Crippen LogP contribution < -0.4 is 4.72 Å². The molecule has 8 heteroatoms. The largest absolute Gasteiger partial charge is 0.301 e. The molecule has 4 fully saturated rings. The molecule has 0 amide bonds. The fourth-order valence-electron chi connectivity index (χ4n) is 5.45. The highest BCUT2D eigenvalue weighted by atomic mass is 35.5. The molecule has 1 N–H and O–H groups in total. The van der Waals surface area contributed by atoms with Crippen molar-refractivity contribution in [1.29, 1.82) is 0 Å². The predicted octanol–water partition coefficient (Wildman–Crippen LogP) is 2.33. The summed E-state index contributed by atoms with van der Waals surface area (Å²) in [6, 6.07) is 13.4. The van der Waals surface area contributed by atoms with Gasteiger partial charge in [-0.05, 0) is 23.8 Å². The molecule has 0 spiro atoms. The number of nitrogens with zero attached hydrogens (tertiary/aromatic N) is 2. The lowest BCUT2D eigenvalue weighted by Crippen LogP contribution is -2.70. The average Bonchev–Trinajstić information content (AvgIpc) is 2.93. The Bertz CT molecular complexity index is 1020. The van der Waals surface area contributed by atoms with Gasteiger partial charge in [0.1, 0.15) is 10.7 Å². The predicted molar refractivity (Wildman–Crippen MR) is 110 cm³/mol. The van der Waals surface area contributed by atoms with Gasteiger partial charge in [0.2, 0.25) is 10.0 Å². The number of fused-ring (bicyclic) bond motifs is 1. The van der Waals surface area contributed by atoms with E-state index in [0.29, 0.717) is 0 Å². The molecule has 154 valence electrons. The highest BCUT2D eigenvalue weighted by Crippen LogP contribution is 2.43. The molecule has 0 saturated carbocycles. The van der Waals surface area contributed by atoms with Crippen LogP contribution in [0.5, 0.6) is 0 Å². The average molecular weight is 436 g/mol. The van der Waals surface area contributed by atoms with Gasteiger partial charge in [-0.2, -0.15) is 0 Å². The van der Waals surface area contributed by atoms with Crippen LogP contribution in [0, 0.1) is 11.7 Å². The molecule has 4 aliphatic rings. The van der Waals surface area contributed by atoms with Crippen LogP contribution in [-0.4, -0.2) is 63.5 Å². The monoisotopic (exact) mass is 435 g/mol. The van der Waals surface area contributed by atoms with Crippen molar-refractivity contribution >= 4 is 21.6 Å². The van der Waals surface area contributed by atoms with E-state index in [-0.39, 0.29) is 27.3 Å². The third-order valence-corrected chi connectivity index (χ3v) is 8.53. The van der Waals surface area contributed by atoms with Crippen LogP contribution in [0.2, 0.25) is 5.02 Å². The summed E-state index contributed by atoms with van der Waals surface area (Å²) in [5, 5.41) is -0.0974. The highest BCUT2D eigenvalue weighted by Gasteiger charge is 2.56. The number of halogens is 2. The standard InChI is InChI=1S/C21H23ClFN3O2S/c22-18-10-17(23)6-7-19(18)29(27,28)24-20-15-11-25-8-9-26(12-15)14-21(20,13-25)16-4-2-1-3-5-16/h1-7,10,15,20,24H,8-9,11-14H2/t15?,20-,21?/m0/s1. The van der Waals surface area contributed by atoms with Crippen molar-refractivity contribution in [3.63, 3.8) is 0 Å². The van der Waals surface area contributed by atoms with Crippen molar-refractivity contribution < 1.29 is 12.8 Å². The molecule has 6 rings (SSSR count). The molecule has 4 saturated heterocycles. The van der Waals surface area contributed by atoms with Gasteiger partial charge in [-0.25, -0.2) is 17.5 Å². The van der Waals surface area contributed by atoms with Gasteiger partial charge >= 0.3 is 0 Å². The van der Waals surface area contributed by atoms with E-state index in [1.54, 1.807) is 0 Å². The molecule has 0 radical (unpaired) electrons. The first-order valence-corrected chi connectivity index (χ1v) is 11.7. The van der Waals surface area contributed by atoms with E-state index in [0.717, 1.165) is 57.0 Å². The first kappa shape index (κ1) is 19.5. The van der Waals surface area contributed by atoms with Gasteiger partial charge in [0.05, 0.1) is 5.02 Å². The smallest absolute Gasteiger partial charge is 0.242 e. The lowest BCUT2D eigenvalue weighted by Gasteiger charge is -2.55. The second kappa shape index (κ2) is 7.03. The van der Waals surface area contributed by atoms with E-state index < -0.39 is 15.8 Å². The zero-order valence-corrected chi connectivity index (χ0v) is 17.5. The third-order valence-electron chi connectivity index (χ3n) is 6.61. The first-order chi connectivity index (χ1) is 13.9. The summed E-state index contributed by atoms with van der Waals surface area (Å²) in [4.78, 5) is 4.84. The van der Waals surface area contributed by atoms with Gasteiger partial charge in [0.15, 0.2) is 0 Å². The highest BCUT2D eigenvalue weighted by molar-refractivity contribution is 7.89. The van der Waals surface area contributed by atoms with Gasteiger partial charge < -0.3 is 9.80 Å². The molecule has 4 heterocycles. The number of hydrogen-bond donors (Lipinski definition) is 1. The molecule has 4 aliphatic heterocycles. The fraction of sp³-hybridized carbons (Fsp3) is 0.429. The van der Waals surface area contributed by atoms with Crippen LogP contribution in [0.25, 0.3) is 0 Å². The Kier molecular flexibility index (Phi) is 4.71. The number of rotatable bonds is 4. The summed E-state index contributed by atoms with van der Waals surface area (Å²) in [5.74, 6) is -0.379. The molecular formula is C21H23ClFN3O2S. The van der Waals surface area contributed by atoms with Crippen LogP contribution in [0.15, 0.2) is 53.4 Å². The van der Waals surface area contributed by atoms with Gasteiger partial charge in [-0.3, -0.25) is 0 Å². The van der Waals surface area contributed by atoms with E-state index in [1.165, 1.54) is 6.07 Å². The fourth-order valence-corrected chi connectivity index (χ4v) is 7.36. The Balaban J connectivity index is 1.58. The summed E-state index contributed by atoms with van der Waals surface area (Å²) in [6.07, 6.45) is 0. The topological polar surface area (TPSA) is 52.7 Å². The van der Waals surface area contributed by atoms with E-state index in [4.69, 9.17) is 11.6 Å². The van der Waals surface area contributed by atoms with Gasteiger partial charge in [-0.1, -0.05) is 41.9 Å². The molecule has 2 aromatic rings. The van der Waals surface area contributed by atoms with Crippen LogP contribution in [0.1, 0.15) is 5.56 Å². The number of hydrogen-bond acceptors (Lipinski definition) is 4. The van der Waals surface area contributed by atoms with Gasteiger partial charge in [0, 0.05) is 56.6 Å². The van der Waals surface area contributed by atoms with E-state index in [2.05, 4.69) is 26.7 Å². The van der Waals surface area contributed by atoms with Crippen molar-refractivity contribution in [2.24, 2.45) is 5.92 Å². The Morgan fingerprint density at radius 1 is 1.03 bits per heavy atom. The van der Waals surface area contributed by atoms with Gasteiger partial charge in [-0.15, -0.1) is 0 Å². The Labute approximate surface area is 175 Å². The normalized spacial score (nSPS) is 33.6. The lowest BCUT2D eigenvalue weighted by molar-refractivity contribution is 0.0281. The quantitative estimate of drug-likeness (QED) is 0.800. The maximum atomic E-state index is 13.4. The van der Waals surface area contributed by atoms with E-state index in [9.17, 15) is 12.8 Å². The molecular weight excluding hydrogens is 413 g/mol. The molecule has 2 unspecified atom stereocenters. The molecule has 29 heavy (non-hydrogen) atoms. The minimum atomic E-state index is -3.90. The zero-order valence-electron chi connectivity index (χ0n) is 15.9. The van der Waals surface area contributed by atoms with Crippen LogP contribution >= 0.6 is 11.6 Å². The maximum Gasteiger partial charge on any atom is 0.242 e. The van der Waals surface area contributed by atoms with Crippen LogP contribution in [0.3, 0.4) is 0 Å². The van der Waals surface area contributed by atoms with Crippen molar-refractivity contribution in [3.8, 4) is 0 Å². The molecule has 0 aromatic heterocycles. The molecule has 4 bridgehead atoms.